The van der Waals surface area contributed by atoms with Crippen LogP contribution in [0, 0.1) is 6.92 Å². The molecule has 0 unspecified atom stereocenters. The van der Waals surface area contributed by atoms with Crippen molar-refractivity contribution in [3.63, 3.8) is 0 Å². The van der Waals surface area contributed by atoms with Gasteiger partial charge in [0, 0.05) is 23.8 Å². The van der Waals surface area contributed by atoms with Gasteiger partial charge in [0.05, 0.1) is 5.69 Å². The van der Waals surface area contributed by atoms with Gasteiger partial charge in [-0.2, -0.15) is 0 Å². The molecule has 2 heterocycles. The molecule has 2 aromatic rings. The van der Waals surface area contributed by atoms with Crippen LogP contribution in [0.4, 0.5) is 11.4 Å². The Morgan fingerprint density at radius 1 is 1.29 bits per heavy atom. The molecule has 17 heavy (non-hydrogen) atoms. The van der Waals surface area contributed by atoms with Crippen LogP contribution >= 0.6 is 0 Å². The van der Waals surface area contributed by atoms with Crippen LogP contribution < -0.4 is 11.1 Å². The van der Waals surface area contributed by atoms with Gasteiger partial charge in [-0.3, -0.25) is 9.78 Å². The Hall–Kier alpha value is -2.43. The minimum absolute atomic E-state index is 0.224. The number of carbonyl (C=O) groups excluding carboxylic acids is 1. The summed E-state index contributed by atoms with van der Waals surface area (Å²) in [6.07, 6.45) is 3.16. The number of pyridine rings is 2. The smallest absolute Gasteiger partial charge is 0.276 e. The van der Waals surface area contributed by atoms with Gasteiger partial charge < -0.3 is 11.1 Å². The van der Waals surface area contributed by atoms with Gasteiger partial charge in [0.25, 0.3) is 5.91 Å². The molecule has 0 atom stereocenters. The molecule has 0 aromatic carbocycles. The summed E-state index contributed by atoms with van der Waals surface area (Å²) in [6.45, 7) is 1.85. The van der Waals surface area contributed by atoms with Crippen LogP contribution in [0.15, 0.2) is 36.7 Å². The largest absolute Gasteiger partial charge is 0.397 e. The lowest BCUT2D eigenvalue weighted by Crippen LogP contribution is -2.15. The highest BCUT2D eigenvalue weighted by molar-refractivity contribution is 6.06. The predicted octanol–water partition coefficient (Wildman–Crippen LogP) is 1.62. The van der Waals surface area contributed by atoms with E-state index in [0.29, 0.717) is 11.4 Å². The summed E-state index contributed by atoms with van der Waals surface area (Å²) in [4.78, 5) is 19.9. The number of nitrogens with two attached hydrogens (primary N) is 1. The monoisotopic (exact) mass is 228 g/mol. The molecule has 0 radical (unpaired) electrons. The first-order valence-electron chi connectivity index (χ1n) is 5.11. The Kier molecular flexibility index (Phi) is 3.00. The number of hydrogen-bond acceptors (Lipinski definition) is 4. The Labute approximate surface area is 98.7 Å². The van der Waals surface area contributed by atoms with Crippen LogP contribution in [0.3, 0.4) is 0 Å². The van der Waals surface area contributed by atoms with Crippen molar-refractivity contribution in [2.24, 2.45) is 0 Å². The summed E-state index contributed by atoms with van der Waals surface area (Å²) in [5, 5.41) is 2.72. The number of anilines is 2. The number of nitrogens with one attached hydrogen (secondary N) is 1. The molecule has 1 amide bonds. The van der Waals surface area contributed by atoms with Crippen LogP contribution in [0.1, 0.15) is 16.2 Å². The van der Waals surface area contributed by atoms with E-state index < -0.39 is 0 Å². The SMILES string of the molecule is Cc1cc(NC(=O)c2ncccc2N)ccn1. The van der Waals surface area contributed by atoms with Crippen LogP contribution in [0.2, 0.25) is 0 Å². The molecule has 0 saturated heterocycles. The number of aromatic nitrogens is 2. The molecular formula is C12H12N4O. The Morgan fingerprint density at radius 2 is 2.12 bits per heavy atom. The van der Waals surface area contributed by atoms with Crippen LogP contribution in [0.25, 0.3) is 0 Å². The summed E-state index contributed by atoms with van der Waals surface area (Å²) in [5.74, 6) is -0.325. The quantitative estimate of drug-likeness (QED) is 0.818. The first-order valence-corrected chi connectivity index (χ1v) is 5.11. The van der Waals surface area contributed by atoms with E-state index in [-0.39, 0.29) is 11.6 Å². The van der Waals surface area contributed by atoms with Gasteiger partial charge in [-0.15, -0.1) is 0 Å². The average Bonchev–Trinajstić information content (AvgIpc) is 2.29. The van der Waals surface area contributed by atoms with Crippen molar-refractivity contribution >= 4 is 17.3 Å². The topological polar surface area (TPSA) is 80.9 Å². The molecule has 0 bridgehead atoms. The highest BCUT2D eigenvalue weighted by Crippen LogP contribution is 2.12. The van der Waals surface area contributed by atoms with Gasteiger partial charge >= 0.3 is 0 Å². The fraction of sp³-hybridized carbons (Fsp3) is 0.0833. The van der Waals surface area contributed by atoms with Gasteiger partial charge in [-0.1, -0.05) is 0 Å². The lowest BCUT2D eigenvalue weighted by Gasteiger charge is -2.06. The maximum atomic E-state index is 11.9. The summed E-state index contributed by atoms with van der Waals surface area (Å²) in [5.41, 5.74) is 7.75. The molecule has 2 rings (SSSR count). The van der Waals surface area contributed by atoms with E-state index in [1.54, 1.807) is 30.5 Å². The van der Waals surface area contributed by atoms with E-state index >= 15 is 0 Å². The first-order chi connectivity index (χ1) is 8.16. The summed E-state index contributed by atoms with van der Waals surface area (Å²) < 4.78 is 0. The van der Waals surface area contributed by atoms with Crippen molar-refractivity contribution in [3.8, 4) is 0 Å². The molecule has 0 aliphatic heterocycles. The normalized spacial score (nSPS) is 9.94. The zero-order valence-electron chi connectivity index (χ0n) is 9.34. The maximum Gasteiger partial charge on any atom is 0.276 e. The molecule has 0 saturated carbocycles. The minimum Gasteiger partial charge on any atom is -0.397 e. The first kappa shape index (κ1) is 11.1. The molecule has 5 nitrogen and oxygen atoms in total. The molecule has 0 aliphatic rings. The molecular weight excluding hydrogens is 216 g/mol. The fourth-order valence-corrected chi connectivity index (χ4v) is 1.42. The Morgan fingerprint density at radius 3 is 2.82 bits per heavy atom. The van der Waals surface area contributed by atoms with Crippen molar-refractivity contribution in [2.75, 3.05) is 11.1 Å². The van der Waals surface area contributed by atoms with Gasteiger partial charge in [0.1, 0.15) is 0 Å². The van der Waals surface area contributed by atoms with E-state index in [9.17, 15) is 4.79 Å². The maximum absolute atomic E-state index is 11.9. The predicted molar refractivity (Wildman–Crippen MR) is 65.6 cm³/mol. The van der Waals surface area contributed by atoms with Crippen LogP contribution in [-0.2, 0) is 0 Å². The van der Waals surface area contributed by atoms with Gasteiger partial charge in [0.2, 0.25) is 0 Å². The van der Waals surface area contributed by atoms with E-state index in [4.69, 9.17) is 5.73 Å². The van der Waals surface area contributed by atoms with Crippen molar-refractivity contribution < 1.29 is 4.79 Å². The van der Waals surface area contributed by atoms with Gasteiger partial charge in [-0.05, 0) is 31.2 Å². The van der Waals surface area contributed by atoms with Gasteiger partial charge in [0.15, 0.2) is 5.69 Å². The second-order valence-electron chi connectivity index (χ2n) is 3.58. The molecule has 2 aromatic heterocycles. The van der Waals surface area contributed by atoms with Crippen LogP contribution in [0.5, 0.6) is 0 Å². The van der Waals surface area contributed by atoms with Crippen molar-refractivity contribution in [3.05, 3.63) is 48.0 Å². The molecule has 0 spiro atoms. The lowest BCUT2D eigenvalue weighted by atomic mass is 10.2. The standard InChI is InChI=1S/C12H12N4O/c1-8-7-9(4-6-14-8)16-12(17)11-10(13)3-2-5-15-11/h2-7H,13H2,1H3,(H,14,16,17). The second kappa shape index (κ2) is 4.61. The third kappa shape index (κ3) is 2.57. The zero-order chi connectivity index (χ0) is 12.3. The third-order valence-corrected chi connectivity index (χ3v) is 2.21. The molecule has 5 heteroatoms. The highest BCUT2D eigenvalue weighted by Gasteiger charge is 2.10. The molecule has 0 aliphatic carbocycles. The fourth-order valence-electron chi connectivity index (χ4n) is 1.42. The van der Waals surface area contributed by atoms with E-state index in [1.165, 1.54) is 6.20 Å². The highest BCUT2D eigenvalue weighted by atomic mass is 16.1. The van der Waals surface area contributed by atoms with E-state index in [1.807, 2.05) is 6.92 Å². The Balaban J connectivity index is 2.20. The van der Waals surface area contributed by atoms with Crippen molar-refractivity contribution in [2.45, 2.75) is 6.92 Å². The third-order valence-electron chi connectivity index (χ3n) is 2.21. The number of amides is 1. The number of nitrogen functional groups attached to an aromatic ring is 1. The zero-order valence-corrected chi connectivity index (χ0v) is 9.34. The number of carbonyl (C=O) groups is 1. The summed E-state index contributed by atoms with van der Waals surface area (Å²) >= 11 is 0. The summed E-state index contributed by atoms with van der Waals surface area (Å²) in [7, 11) is 0. The second-order valence-corrected chi connectivity index (χ2v) is 3.58. The average molecular weight is 228 g/mol. The summed E-state index contributed by atoms with van der Waals surface area (Å²) in [6, 6.07) is 6.81. The number of hydrogen-bond donors (Lipinski definition) is 2. The molecule has 3 N–H and O–H groups in total. The van der Waals surface area contributed by atoms with E-state index in [2.05, 4.69) is 15.3 Å². The van der Waals surface area contributed by atoms with Crippen LogP contribution in [-0.4, -0.2) is 15.9 Å². The van der Waals surface area contributed by atoms with Gasteiger partial charge in [-0.25, -0.2) is 4.98 Å². The van der Waals surface area contributed by atoms with Crippen molar-refractivity contribution in [1.29, 1.82) is 0 Å². The number of rotatable bonds is 2. The number of nitrogens with zero attached hydrogens (tertiary/aromatic N) is 2. The van der Waals surface area contributed by atoms with Crippen molar-refractivity contribution in [1.82, 2.24) is 9.97 Å². The Bertz CT molecular complexity index is 554. The minimum atomic E-state index is -0.325. The molecule has 86 valence electrons. The molecule has 0 fully saturated rings. The van der Waals surface area contributed by atoms with E-state index in [0.717, 1.165) is 5.69 Å². The number of aryl methyl sites for hydroxylation is 1. The lowest BCUT2D eigenvalue weighted by molar-refractivity contribution is 0.102.